The summed E-state index contributed by atoms with van der Waals surface area (Å²) in [6.45, 7) is 0. The van der Waals surface area contributed by atoms with E-state index in [1.807, 2.05) is 12.1 Å². The second kappa shape index (κ2) is 3.39. The number of benzene rings is 1. The minimum Gasteiger partial charge on any atom is -0.493 e. The predicted octanol–water partition coefficient (Wildman–Crippen LogP) is 2.18. The first-order chi connectivity index (χ1) is 7.71. The number of nitrogens with two attached hydrogens (primary N) is 1. The average molecular weight is 219 g/mol. The summed E-state index contributed by atoms with van der Waals surface area (Å²) in [5, 5.41) is 0. The van der Waals surface area contributed by atoms with E-state index in [1.165, 1.54) is 0 Å². The molecule has 86 valence electrons. The van der Waals surface area contributed by atoms with Crippen LogP contribution in [0.15, 0.2) is 18.2 Å². The van der Waals surface area contributed by atoms with E-state index in [0.717, 1.165) is 42.7 Å². The maximum atomic E-state index is 6.16. The second-order valence-corrected chi connectivity index (χ2v) is 4.84. The Labute approximate surface area is 95.5 Å². The third-order valence-electron chi connectivity index (χ3n) is 3.35. The van der Waals surface area contributed by atoms with E-state index in [2.05, 4.69) is 6.07 Å². The fraction of sp³-hybridized carbons (Fsp3) is 0.538. The van der Waals surface area contributed by atoms with Gasteiger partial charge in [0.2, 0.25) is 0 Å². The topological polar surface area (TPSA) is 44.5 Å². The number of hydrogen-bond donors (Lipinski definition) is 1. The highest BCUT2D eigenvalue weighted by atomic mass is 16.5. The molecule has 0 bridgehead atoms. The fourth-order valence-corrected chi connectivity index (χ4v) is 1.86. The van der Waals surface area contributed by atoms with Gasteiger partial charge < -0.3 is 15.2 Å². The summed E-state index contributed by atoms with van der Waals surface area (Å²) in [6, 6.07) is 6.07. The number of hydrogen-bond acceptors (Lipinski definition) is 3. The van der Waals surface area contributed by atoms with Crippen LogP contribution in [0.25, 0.3) is 0 Å². The maximum Gasteiger partial charge on any atom is 0.161 e. The Hall–Kier alpha value is -1.22. The SMILES string of the molecule is COc1cc(C2(N)CC2)ccc1OC1CC1. The molecule has 3 nitrogen and oxygen atoms in total. The number of methoxy groups -OCH3 is 1. The van der Waals surface area contributed by atoms with E-state index in [0.29, 0.717) is 6.10 Å². The smallest absolute Gasteiger partial charge is 0.161 e. The van der Waals surface area contributed by atoms with Gasteiger partial charge >= 0.3 is 0 Å². The second-order valence-electron chi connectivity index (χ2n) is 4.84. The Morgan fingerprint density at radius 3 is 2.56 bits per heavy atom. The molecular weight excluding hydrogens is 202 g/mol. The molecular formula is C13H17NO2. The predicted molar refractivity (Wildman–Crippen MR) is 61.7 cm³/mol. The molecule has 0 unspecified atom stereocenters. The standard InChI is InChI=1S/C13H17NO2/c1-15-12-8-9(13(14)6-7-13)2-5-11(12)16-10-3-4-10/h2,5,8,10H,3-4,6-7,14H2,1H3. The Morgan fingerprint density at radius 1 is 1.25 bits per heavy atom. The van der Waals surface area contributed by atoms with Crippen LogP contribution in [0, 0.1) is 0 Å². The Kier molecular flexibility index (Phi) is 2.11. The summed E-state index contributed by atoms with van der Waals surface area (Å²) >= 11 is 0. The lowest BCUT2D eigenvalue weighted by atomic mass is 10.1. The molecule has 1 aromatic rings. The van der Waals surface area contributed by atoms with E-state index < -0.39 is 0 Å². The van der Waals surface area contributed by atoms with Crippen molar-refractivity contribution in [1.29, 1.82) is 0 Å². The lowest BCUT2D eigenvalue weighted by molar-refractivity contribution is 0.282. The summed E-state index contributed by atoms with van der Waals surface area (Å²) in [7, 11) is 1.68. The fourth-order valence-electron chi connectivity index (χ4n) is 1.86. The third kappa shape index (κ3) is 1.76. The van der Waals surface area contributed by atoms with Crippen LogP contribution >= 0.6 is 0 Å². The highest BCUT2D eigenvalue weighted by Crippen LogP contribution is 2.45. The van der Waals surface area contributed by atoms with Crippen LogP contribution in [0.3, 0.4) is 0 Å². The van der Waals surface area contributed by atoms with Gasteiger partial charge in [0.05, 0.1) is 13.2 Å². The van der Waals surface area contributed by atoms with E-state index in [-0.39, 0.29) is 5.54 Å². The molecule has 2 N–H and O–H groups in total. The highest BCUT2D eigenvalue weighted by Gasteiger charge is 2.40. The van der Waals surface area contributed by atoms with Gasteiger partial charge in [0.15, 0.2) is 11.5 Å². The van der Waals surface area contributed by atoms with Crippen molar-refractivity contribution in [3.8, 4) is 11.5 Å². The normalized spacial score (nSPS) is 21.6. The van der Waals surface area contributed by atoms with Gasteiger partial charge in [-0.1, -0.05) is 6.07 Å². The third-order valence-corrected chi connectivity index (χ3v) is 3.35. The van der Waals surface area contributed by atoms with Crippen molar-refractivity contribution in [3.05, 3.63) is 23.8 Å². The molecule has 0 radical (unpaired) electrons. The van der Waals surface area contributed by atoms with Crippen molar-refractivity contribution in [2.24, 2.45) is 5.73 Å². The lowest BCUT2D eigenvalue weighted by Crippen LogP contribution is -2.18. The summed E-state index contributed by atoms with van der Waals surface area (Å²) in [6.07, 6.45) is 4.85. The molecule has 2 fully saturated rings. The van der Waals surface area contributed by atoms with Crippen LogP contribution in [-0.2, 0) is 5.54 Å². The van der Waals surface area contributed by atoms with Gasteiger partial charge in [0, 0.05) is 5.54 Å². The minimum absolute atomic E-state index is 0.106. The van der Waals surface area contributed by atoms with Gasteiger partial charge in [0.25, 0.3) is 0 Å². The molecule has 1 aromatic carbocycles. The first-order valence-corrected chi connectivity index (χ1v) is 5.85. The molecule has 0 atom stereocenters. The van der Waals surface area contributed by atoms with E-state index in [1.54, 1.807) is 7.11 Å². The molecule has 2 aliphatic carbocycles. The summed E-state index contributed by atoms with van der Waals surface area (Å²) < 4.78 is 11.1. The molecule has 0 aliphatic heterocycles. The Balaban J connectivity index is 1.88. The van der Waals surface area contributed by atoms with Crippen molar-refractivity contribution in [2.45, 2.75) is 37.3 Å². The summed E-state index contributed by atoms with van der Waals surface area (Å²) in [5.74, 6) is 1.65. The van der Waals surface area contributed by atoms with Crippen molar-refractivity contribution in [1.82, 2.24) is 0 Å². The largest absolute Gasteiger partial charge is 0.493 e. The Bertz CT molecular complexity index is 408. The van der Waals surface area contributed by atoms with Gasteiger partial charge in [-0.25, -0.2) is 0 Å². The molecule has 0 spiro atoms. The van der Waals surface area contributed by atoms with Gasteiger partial charge in [-0.3, -0.25) is 0 Å². The van der Waals surface area contributed by atoms with Gasteiger partial charge in [0.1, 0.15) is 0 Å². The quantitative estimate of drug-likeness (QED) is 0.844. The van der Waals surface area contributed by atoms with Crippen LogP contribution < -0.4 is 15.2 Å². The first-order valence-electron chi connectivity index (χ1n) is 5.85. The molecule has 16 heavy (non-hydrogen) atoms. The van der Waals surface area contributed by atoms with Crippen LogP contribution in [0.5, 0.6) is 11.5 Å². The molecule has 0 amide bonds. The van der Waals surface area contributed by atoms with Gasteiger partial charge in [-0.05, 0) is 43.4 Å². The molecule has 2 aliphatic rings. The molecule has 0 saturated heterocycles. The minimum atomic E-state index is -0.106. The highest BCUT2D eigenvalue weighted by molar-refractivity contribution is 5.46. The van der Waals surface area contributed by atoms with Crippen LogP contribution in [-0.4, -0.2) is 13.2 Å². The monoisotopic (exact) mass is 219 g/mol. The van der Waals surface area contributed by atoms with Crippen molar-refractivity contribution in [3.63, 3.8) is 0 Å². The zero-order valence-electron chi connectivity index (χ0n) is 9.53. The van der Waals surface area contributed by atoms with Gasteiger partial charge in [-0.15, -0.1) is 0 Å². The molecule has 0 aromatic heterocycles. The molecule has 0 heterocycles. The zero-order chi connectivity index (χ0) is 11.2. The molecule has 3 heteroatoms. The van der Waals surface area contributed by atoms with Crippen molar-refractivity contribution >= 4 is 0 Å². The van der Waals surface area contributed by atoms with Crippen LogP contribution in [0.4, 0.5) is 0 Å². The summed E-state index contributed by atoms with van der Waals surface area (Å²) in [5.41, 5.74) is 7.21. The lowest BCUT2D eigenvalue weighted by Gasteiger charge is -2.14. The van der Waals surface area contributed by atoms with Crippen LogP contribution in [0.2, 0.25) is 0 Å². The maximum absolute atomic E-state index is 6.16. The number of rotatable bonds is 4. The van der Waals surface area contributed by atoms with Crippen molar-refractivity contribution < 1.29 is 9.47 Å². The van der Waals surface area contributed by atoms with Gasteiger partial charge in [-0.2, -0.15) is 0 Å². The zero-order valence-corrected chi connectivity index (χ0v) is 9.53. The van der Waals surface area contributed by atoms with Crippen molar-refractivity contribution in [2.75, 3.05) is 7.11 Å². The average Bonchev–Trinajstić information content (AvgIpc) is 3.18. The Morgan fingerprint density at radius 2 is 2.00 bits per heavy atom. The van der Waals surface area contributed by atoms with Crippen LogP contribution in [0.1, 0.15) is 31.2 Å². The molecule has 2 saturated carbocycles. The first kappa shape index (κ1) is 9.97. The van der Waals surface area contributed by atoms with E-state index in [9.17, 15) is 0 Å². The summed E-state index contributed by atoms with van der Waals surface area (Å²) in [4.78, 5) is 0. The van der Waals surface area contributed by atoms with E-state index >= 15 is 0 Å². The van der Waals surface area contributed by atoms with E-state index in [4.69, 9.17) is 15.2 Å². The number of ether oxygens (including phenoxy) is 2. The molecule has 3 rings (SSSR count).